The van der Waals surface area contributed by atoms with Crippen LogP contribution in [0.25, 0.3) is 0 Å². The van der Waals surface area contributed by atoms with E-state index in [1.165, 1.54) is 17.5 Å². The summed E-state index contributed by atoms with van der Waals surface area (Å²) in [5, 5.41) is 6.30. The molecule has 25 heavy (non-hydrogen) atoms. The lowest BCUT2D eigenvalue weighted by atomic mass is 10.1. The van der Waals surface area contributed by atoms with E-state index in [1.54, 1.807) is 7.05 Å². The van der Waals surface area contributed by atoms with Crippen LogP contribution in [0.5, 0.6) is 5.75 Å². The molecular formula is C17H25F3N4O. The van der Waals surface area contributed by atoms with Crippen molar-refractivity contribution in [1.29, 1.82) is 0 Å². The molecule has 0 bridgehead atoms. The average Bonchev–Trinajstić information content (AvgIpc) is 2.95. The summed E-state index contributed by atoms with van der Waals surface area (Å²) in [5.74, 6) is 1.54. The molecule has 0 amide bonds. The number of nitrogens with zero attached hydrogens (tertiary/aromatic N) is 2. The normalized spacial score (nSPS) is 17.4. The van der Waals surface area contributed by atoms with Crippen molar-refractivity contribution in [2.24, 2.45) is 4.99 Å². The fourth-order valence-electron chi connectivity index (χ4n) is 2.74. The third kappa shape index (κ3) is 6.81. The molecule has 0 saturated heterocycles. The maximum absolute atomic E-state index is 12.2. The van der Waals surface area contributed by atoms with Gasteiger partial charge in [0.05, 0.1) is 13.1 Å². The molecule has 0 spiro atoms. The number of guanidine groups is 1. The van der Waals surface area contributed by atoms with Crippen LogP contribution in [0.1, 0.15) is 12.0 Å². The summed E-state index contributed by atoms with van der Waals surface area (Å²) in [4.78, 5) is 5.38. The van der Waals surface area contributed by atoms with Crippen LogP contribution >= 0.6 is 0 Å². The van der Waals surface area contributed by atoms with Gasteiger partial charge in [0.15, 0.2) is 5.96 Å². The Balaban J connectivity index is 1.62. The second kappa shape index (κ2) is 8.94. The molecule has 1 aliphatic heterocycles. The number of hydrogen-bond acceptors (Lipinski definition) is 3. The highest BCUT2D eigenvalue weighted by Crippen LogP contribution is 2.27. The van der Waals surface area contributed by atoms with Gasteiger partial charge in [-0.2, -0.15) is 13.2 Å². The second-order valence-corrected chi connectivity index (χ2v) is 6.14. The van der Waals surface area contributed by atoms with Crippen molar-refractivity contribution in [2.75, 3.05) is 40.3 Å². The molecule has 1 unspecified atom stereocenters. The molecule has 0 radical (unpaired) electrons. The van der Waals surface area contributed by atoms with Crippen molar-refractivity contribution < 1.29 is 17.9 Å². The predicted octanol–water partition coefficient (Wildman–Crippen LogP) is 2.04. The molecule has 1 atom stereocenters. The third-order valence-corrected chi connectivity index (χ3v) is 3.89. The van der Waals surface area contributed by atoms with Crippen molar-refractivity contribution in [3.05, 3.63) is 29.8 Å². The first-order valence-corrected chi connectivity index (χ1v) is 8.32. The van der Waals surface area contributed by atoms with Gasteiger partial charge in [-0.1, -0.05) is 18.2 Å². The van der Waals surface area contributed by atoms with Crippen LogP contribution < -0.4 is 15.4 Å². The van der Waals surface area contributed by atoms with Gasteiger partial charge in [-0.05, 0) is 31.6 Å². The number of alkyl halides is 3. The molecule has 2 N–H and O–H groups in total. The molecule has 0 fully saturated rings. The first-order chi connectivity index (χ1) is 11.9. The number of ether oxygens (including phenoxy) is 1. The van der Waals surface area contributed by atoms with E-state index in [1.807, 2.05) is 18.2 Å². The van der Waals surface area contributed by atoms with Crippen LogP contribution in [-0.4, -0.2) is 63.4 Å². The molecule has 8 heteroatoms. The lowest BCUT2D eigenvalue weighted by Crippen LogP contribution is -2.43. The summed E-state index contributed by atoms with van der Waals surface area (Å²) in [6.07, 6.45) is -2.66. The molecule has 1 heterocycles. The van der Waals surface area contributed by atoms with Crippen molar-refractivity contribution >= 4 is 5.96 Å². The molecular weight excluding hydrogens is 333 g/mol. The summed E-state index contributed by atoms with van der Waals surface area (Å²) in [6, 6.07) is 7.96. The summed E-state index contributed by atoms with van der Waals surface area (Å²) in [6.45, 7) is 0.639. The first-order valence-electron chi connectivity index (χ1n) is 8.32. The quantitative estimate of drug-likeness (QED) is 0.445. The number of aliphatic imine (C=N–C) groups is 1. The Kier molecular flexibility index (Phi) is 6.92. The Hall–Kier alpha value is -1.96. The minimum absolute atomic E-state index is 0.0499. The smallest absolute Gasteiger partial charge is 0.401 e. The lowest BCUT2D eigenvalue weighted by Gasteiger charge is -2.19. The van der Waals surface area contributed by atoms with Crippen LogP contribution in [0.2, 0.25) is 0 Å². The van der Waals surface area contributed by atoms with Gasteiger partial charge < -0.3 is 15.4 Å². The van der Waals surface area contributed by atoms with Crippen molar-refractivity contribution in [2.45, 2.75) is 25.1 Å². The van der Waals surface area contributed by atoms with E-state index in [9.17, 15) is 13.2 Å². The van der Waals surface area contributed by atoms with E-state index >= 15 is 0 Å². The topological polar surface area (TPSA) is 48.9 Å². The van der Waals surface area contributed by atoms with Gasteiger partial charge in [-0.3, -0.25) is 9.89 Å². The highest BCUT2D eigenvalue weighted by Gasteiger charge is 2.28. The van der Waals surface area contributed by atoms with Gasteiger partial charge in [0, 0.05) is 20.0 Å². The van der Waals surface area contributed by atoms with Gasteiger partial charge in [0.1, 0.15) is 11.9 Å². The first kappa shape index (κ1) is 19.4. The Morgan fingerprint density at radius 2 is 2.08 bits per heavy atom. The van der Waals surface area contributed by atoms with Crippen LogP contribution in [0.4, 0.5) is 13.2 Å². The average molecular weight is 358 g/mol. The van der Waals surface area contributed by atoms with Crippen molar-refractivity contribution in [1.82, 2.24) is 15.5 Å². The van der Waals surface area contributed by atoms with Crippen LogP contribution in [0.3, 0.4) is 0 Å². The van der Waals surface area contributed by atoms with Gasteiger partial charge in [0.25, 0.3) is 0 Å². The zero-order chi connectivity index (χ0) is 18.3. The molecule has 1 aromatic rings. The summed E-state index contributed by atoms with van der Waals surface area (Å²) in [7, 11) is 3.13. The molecule has 1 aliphatic rings. The van der Waals surface area contributed by atoms with Gasteiger partial charge in [0.2, 0.25) is 0 Å². The maximum atomic E-state index is 12.2. The summed E-state index contributed by atoms with van der Waals surface area (Å²) in [5.41, 5.74) is 1.20. The largest absolute Gasteiger partial charge is 0.488 e. The highest BCUT2D eigenvalue weighted by molar-refractivity contribution is 5.79. The SMILES string of the molecule is CN=C(NCCCN(C)CC(F)(F)F)NCC1Cc2ccccc2O1. The number of halogens is 3. The molecule has 5 nitrogen and oxygen atoms in total. The van der Waals surface area contributed by atoms with E-state index in [4.69, 9.17) is 4.74 Å². The zero-order valence-corrected chi connectivity index (χ0v) is 14.6. The second-order valence-electron chi connectivity index (χ2n) is 6.14. The fraction of sp³-hybridized carbons (Fsp3) is 0.588. The molecule has 0 aliphatic carbocycles. The van der Waals surface area contributed by atoms with Gasteiger partial charge in [-0.15, -0.1) is 0 Å². The molecule has 1 aromatic carbocycles. The van der Waals surface area contributed by atoms with E-state index < -0.39 is 12.7 Å². The third-order valence-electron chi connectivity index (χ3n) is 3.89. The maximum Gasteiger partial charge on any atom is 0.401 e. The minimum Gasteiger partial charge on any atom is -0.488 e. The Morgan fingerprint density at radius 3 is 2.76 bits per heavy atom. The number of benzene rings is 1. The number of nitrogens with one attached hydrogen (secondary N) is 2. The monoisotopic (exact) mass is 358 g/mol. The number of rotatable bonds is 7. The van der Waals surface area contributed by atoms with Crippen molar-refractivity contribution in [3.8, 4) is 5.75 Å². The van der Waals surface area contributed by atoms with E-state index in [0.717, 1.165) is 12.2 Å². The Morgan fingerprint density at radius 1 is 1.32 bits per heavy atom. The lowest BCUT2D eigenvalue weighted by molar-refractivity contribution is -0.143. The Bertz CT molecular complexity index is 552. The van der Waals surface area contributed by atoms with Gasteiger partial charge >= 0.3 is 6.18 Å². The fourth-order valence-corrected chi connectivity index (χ4v) is 2.74. The highest BCUT2D eigenvalue weighted by atomic mass is 19.4. The van der Waals surface area contributed by atoms with E-state index in [-0.39, 0.29) is 6.10 Å². The summed E-state index contributed by atoms with van der Waals surface area (Å²) < 4.78 is 42.6. The van der Waals surface area contributed by atoms with Crippen LogP contribution in [-0.2, 0) is 6.42 Å². The molecule has 0 saturated carbocycles. The Labute approximate surface area is 146 Å². The van der Waals surface area contributed by atoms with Crippen molar-refractivity contribution in [3.63, 3.8) is 0 Å². The molecule has 140 valence electrons. The van der Waals surface area contributed by atoms with Gasteiger partial charge in [-0.25, -0.2) is 0 Å². The zero-order valence-electron chi connectivity index (χ0n) is 14.6. The summed E-state index contributed by atoms with van der Waals surface area (Å²) >= 11 is 0. The predicted molar refractivity (Wildman–Crippen MR) is 92.1 cm³/mol. The minimum atomic E-state index is -4.15. The van der Waals surface area contributed by atoms with E-state index in [2.05, 4.69) is 21.7 Å². The van der Waals surface area contributed by atoms with Crippen LogP contribution in [0.15, 0.2) is 29.3 Å². The number of fused-ring (bicyclic) bond motifs is 1. The molecule has 2 rings (SSSR count). The number of hydrogen-bond donors (Lipinski definition) is 2. The standard InChI is InChI=1S/C17H25F3N4O/c1-21-16(22-8-5-9-24(2)12-17(18,19)20)23-11-14-10-13-6-3-4-7-15(13)25-14/h3-4,6-7,14H,5,8-12H2,1-2H3,(H2,21,22,23). The van der Waals surface area contributed by atoms with E-state index in [0.29, 0.717) is 32.0 Å². The van der Waals surface area contributed by atoms with Crippen LogP contribution in [0, 0.1) is 0 Å². The number of para-hydroxylation sites is 1. The molecule has 0 aromatic heterocycles.